The molecule has 28 heavy (non-hydrogen) atoms. The summed E-state index contributed by atoms with van der Waals surface area (Å²) in [6.45, 7) is 3.10. The van der Waals surface area contributed by atoms with Crippen LogP contribution in [0.4, 0.5) is 0 Å². The molecule has 142 valence electrons. The Morgan fingerprint density at radius 1 is 0.964 bits per heavy atom. The number of nitrogens with zero attached hydrogens (tertiary/aromatic N) is 3. The number of amides is 1. The van der Waals surface area contributed by atoms with Gasteiger partial charge >= 0.3 is 0 Å². The van der Waals surface area contributed by atoms with Crippen LogP contribution in [0.25, 0.3) is 5.69 Å². The second-order valence-electron chi connectivity index (χ2n) is 7.22. The average Bonchev–Trinajstić information content (AvgIpc) is 2.75. The molecule has 5 heteroatoms. The summed E-state index contributed by atoms with van der Waals surface area (Å²) in [5.41, 5.74) is 2.52. The molecule has 0 spiro atoms. The van der Waals surface area contributed by atoms with E-state index in [1.54, 1.807) is 9.58 Å². The van der Waals surface area contributed by atoms with E-state index in [0.717, 1.165) is 18.5 Å². The van der Waals surface area contributed by atoms with Crippen molar-refractivity contribution in [2.24, 2.45) is 0 Å². The topological polar surface area (TPSA) is 55.2 Å². The summed E-state index contributed by atoms with van der Waals surface area (Å²) in [6, 6.07) is 21.4. The van der Waals surface area contributed by atoms with Gasteiger partial charge in [0.05, 0.1) is 5.69 Å². The van der Waals surface area contributed by atoms with Gasteiger partial charge in [0.2, 0.25) is 5.43 Å². The van der Waals surface area contributed by atoms with Crippen molar-refractivity contribution in [1.82, 2.24) is 14.7 Å². The van der Waals surface area contributed by atoms with Gasteiger partial charge in [-0.3, -0.25) is 9.59 Å². The Labute approximate surface area is 164 Å². The molecular weight excluding hydrogens is 350 g/mol. The third-order valence-corrected chi connectivity index (χ3v) is 5.36. The molecule has 0 aliphatic carbocycles. The van der Waals surface area contributed by atoms with Gasteiger partial charge in [-0.05, 0) is 43.4 Å². The molecule has 1 fully saturated rings. The maximum absolute atomic E-state index is 13.0. The van der Waals surface area contributed by atoms with Crippen molar-refractivity contribution >= 4 is 5.91 Å². The van der Waals surface area contributed by atoms with Crippen molar-refractivity contribution in [3.05, 3.63) is 93.9 Å². The van der Waals surface area contributed by atoms with E-state index in [9.17, 15) is 9.59 Å². The number of likely N-dealkylation sites (tertiary alicyclic amines) is 1. The van der Waals surface area contributed by atoms with E-state index in [1.807, 2.05) is 43.3 Å². The van der Waals surface area contributed by atoms with E-state index in [4.69, 9.17) is 0 Å². The van der Waals surface area contributed by atoms with Crippen LogP contribution in [-0.2, 0) is 0 Å². The molecule has 1 aliphatic rings. The highest BCUT2D eigenvalue weighted by Crippen LogP contribution is 2.28. The number of hydrogen-bond acceptors (Lipinski definition) is 3. The van der Waals surface area contributed by atoms with Crippen LogP contribution in [0.3, 0.4) is 0 Å². The molecule has 0 N–H and O–H groups in total. The minimum absolute atomic E-state index is 0.00684. The fourth-order valence-corrected chi connectivity index (χ4v) is 3.82. The van der Waals surface area contributed by atoms with Gasteiger partial charge < -0.3 is 4.90 Å². The number of piperidine rings is 1. The molecule has 0 saturated carbocycles. The molecule has 1 saturated heterocycles. The summed E-state index contributed by atoms with van der Waals surface area (Å²) in [4.78, 5) is 27.2. The zero-order valence-corrected chi connectivity index (χ0v) is 15.9. The highest BCUT2D eigenvalue weighted by Gasteiger charge is 2.27. The van der Waals surface area contributed by atoms with E-state index in [0.29, 0.717) is 24.7 Å². The predicted octanol–water partition coefficient (Wildman–Crippen LogP) is 3.56. The SMILES string of the molecule is Cc1cc(=O)c(C(=O)N2CCC(c3ccccc3)CC2)nn1-c1ccccc1. The Balaban J connectivity index is 1.55. The Kier molecular flexibility index (Phi) is 5.06. The van der Waals surface area contributed by atoms with Crippen molar-refractivity contribution in [3.8, 4) is 5.69 Å². The first kappa shape index (κ1) is 18.2. The van der Waals surface area contributed by atoms with Gasteiger partial charge in [0.25, 0.3) is 5.91 Å². The molecule has 0 bridgehead atoms. The number of benzene rings is 2. The van der Waals surface area contributed by atoms with Crippen LogP contribution >= 0.6 is 0 Å². The maximum atomic E-state index is 13.0. The summed E-state index contributed by atoms with van der Waals surface area (Å²) < 4.78 is 1.66. The Morgan fingerprint density at radius 2 is 1.57 bits per heavy atom. The minimum Gasteiger partial charge on any atom is -0.337 e. The summed E-state index contributed by atoms with van der Waals surface area (Å²) in [6.07, 6.45) is 1.79. The number of aryl methyl sites for hydroxylation is 1. The molecule has 1 amide bonds. The molecule has 0 unspecified atom stereocenters. The second kappa shape index (κ2) is 7.80. The van der Waals surface area contributed by atoms with Crippen LogP contribution in [0.15, 0.2) is 71.5 Å². The number of rotatable bonds is 3. The summed E-state index contributed by atoms with van der Waals surface area (Å²) in [7, 11) is 0. The maximum Gasteiger partial charge on any atom is 0.278 e. The smallest absolute Gasteiger partial charge is 0.278 e. The first-order valence-electron chi connectivity index (χ1n) is 9.64. The quantitative estimate of drug-likeness (QED) is 0.705. The Morgan fingerprint density at radius 3 is 2.21 bits per heavy atom. The first-order valence-corrected chi connectivity index (χ1v) is 9.64. The fraction of sp³-hybridized carbons (Fsp3) is 0.261. The second-order valence-corrected chi connectivity index (χ2v) is 7.22. The van der Waals surface area contributed by atoms with Crippen LogP contribution in [-0.4, -0.2) is 33.7 Å². The Hall–Kier alpha value is -3.21. The van der Waals surface area contributed by atoms with Crippen molar-refractivity contribution in [2.45, 2.75) is 25.7 Å². The normalized spacial score (nSPS) is 14.8. The van der Waals surface area contributed by atoms with Gasteiger partial charge in [-0.1, -0.05) is 48.5 Å². The fourth-order valence-electron chi connectivity index (χ4n) is 3.82. The summed E-state index contributed by atoms with van der Waals surface area (Å²) in [5.74, 6) is 0.179. The van der Waals surface area contributed by atoms with Gasteiger partial charge in [0, 0.05) is 24.8 Å². The zero-order chi connectivity index (χ0) is 19.5. The van der Waals surface area contributed by atoms with Gasteiger partial charge in [-0.2, -0.15) is 5.10 Å². The molecule has 0 radical (unpaired) electrons. The van der Waals surface area contributed by atoms with E-state index in [-0.39, 0.29) is 17.0 Å². The summed E-state index contributed by atoms with van der Waals surface area (Å²) in [5, 5.41) is 4.41. The molecule has 0 atom stereocenters. The lowest BCUT2D eigenvalue weighted by molar-refractivity contribution is 0.0703. The molecule has 3 aromatic rings. The highest BCUT2D eigenvalue weighted by atomic mass is 16.2. The van der Waals surface area contributed by atoms with E-state index in [1.165, 1.54) is 11.6 Å². The summed E-state index contributed by atoms with van der Waals surface area (Å²) >= 11 is 0. The first-order chi connectivity index (χ1) is 13.6. The largest absolute Gasteiger partial charge is 0.337 e. The van der Waals surface area contributed by atoms with Crippen molar-refractivity contribution in [1.29, 1.82) is 0 Å². The van der Waals surface area contributed by atoms with Crippen molar-refractivity contribution < 1.29 is 4.79 Å². The number of hydrogen-bond donors (Lipinski definition) is 0. The van der Waals surface area contributed by atoms with Crippen LogP contribution in [0, 0.1) is 6.92 Å². The van der Waals surface area contributed by atoms with Gasteiger partial charge in [-0.15, -0.1) is 0 Å². The van der Waals surface area contributed by atoms with Crippen molar-refractivity contribution in [2.75, 3.05) is 13.1 Å². The zero-order valence-electron chi connectivity index (χ0n) is 15.9. The average molecular weight is 373 g/mol. The number of carbonyl (C=O) groups is 1. The molecule has 1 aliphatic heterocycles. The lowest BCUT2D eigenvalue weighted by atomic mass is 9.89. The molecule has 2 heterocycles. The lowest BCUT2D eigenvalue weighted by Gasteiger charge is -2.32. The number of para-hydroxylation sites is 1. The molecule has 4 rings (SSSR count). The van der Waals surface area contributed by atoms with E-state index < -0.39 is 0 Å². The lowest BCUT2D eigenvalue weighted by Crippen LogP contribution is -2.41. The van der Waals surface area contributed by atoms with E-state index >= 15 is 0 Å². The monoisotopic (exact) mass is 373 g/mol. The van der Waals surface area contributed by atoms with Crippen LogP contribution in [0.2, 0.25) is 0 Å². The van der Waals surface area contributed by atoms with Gasteiger partial charge in [0.1, 0.15) is 0 Å². The molecular formula is C23H23N3O2. The highest BCUT2D eigenvalue weighted by molar-refractivity contribution is 5.92. The predicted molar refractivity (Wildman–Crippen MR) is 109 cm³/mol. The van der Waals surface area contributed by atoms with Gasteiger partial charge in [-0.25, -0.2) is 4.68 Å². The van der Waals surface area contributed by atoms with Gasteiger partial charge in [0.15, 0.2) is 5.69 Å². The third kappa shape index (κ3) is 3.60. The number of aromatic nitrogens is 2. The number of carbonyl (C=O) groups excluding carboxylic acids is 1. The standard InChI is InChI=1S/C23H23N3O2/c1-17-16-21(27)22(24-26(17)20-10-6-3-7-11-20)23(28)25-14-12-19(13-15-25)18-8-4-2-5-9-18/h2-11,16,19H,12-15H2,1H3. The molecule has 5 nitrogen and oxygen atoms in total. The van der Waals surface area contributed by atoms with Crippen molar-refractivity contribution in [3.63, 3.8) is 0 Å². The molecule has 1 aromatic heterocycles. The third-order valence-electron chi connectivity index (χ3n) is 5.36. The van der Waals surface area contributed by atoms with Crippen LogP contribution in [0.1, 0.15) is 40.5 Å². The Bertz CT molecular complexity index is 1020. The van der Waals surface area contributed by atoms with E-state index in [2.05, 4.69) is 29.4 Å². The van der Waals surface area contributed by atoms with Crippen LogP contribution < -0.4 is 5.43 Å². The molecule has 2 aromatic carbocycles. The van der Waals surface area contributed by atoms with Crippen LogP contribution in [0.5, 0.6) is 0 Å². The minimum atomic E-state index is -0.320.